The molecule has 0 spiro atoms. The van der Waals surface area contributed by atoms with Gasteiger partial charge in [-0.05, 0) is 25.0 Å². The van der Waals surface area contributed by atoms with Gasteiger partial charge in [0.05, 0.1) is 6.54 Å². The number of carboxylic acid groups (broad SMARTS) is 1. The Kier molecular flexibility index (Phi) is 7.24. The Morgan fingerprint density at radius 3 is 2.55 bits per heavy atom. The molecule has 8 nitrogen and oxygen atoms in total. The SMILES string of the molecule is N=C(N)NCCC[C@H](NC(=O)CNc1ccccc1)C(=O)O. The van der Waals surface area contributed by atoms with Crippen LogP contribution < -0.4 is 21.7 Å². The molecular weight excluding hydrogens is 286 g/mol. The van der Waals surface area contributed by atoms with Crippen molar-refractivity contribution in [3.63, 3.8) is 0 Å². The maximum absolute atomic E-state index is 11.8. The normalized spacial score (nSPS) is 11.3. The minimum atomic E-state index is -1.09. The Balaban J connectivity index is 2.34. The molecule has 0 radical (unpaired) electrons. The summed E-state index contributed by atoms with van der Waals surface area (Å²) in [5, 5.41) is 24.0. The first-order valence-corrected chi connectivity index (χ1v) is 6.88. The molecule has 0 aliphatic carbocycles. The van der Waals surface area contributed by atoms with Crippen molar-refractivity contribution in [2.45, 2.75) is 18.9 Å². The number of carbonyl (C=O) groups excluding carboxylic acids is 1. The summed E-state index contributed by atoms with van der Waals surface area (Å²) >= 11 is 0. The number of anilines is 1. The molecule has 120 valence electrons. The summed E-state index contributed by atoms with van der Waals surface area (Å²) in [5.41, 5.74) is 5.91. The van der Waals surface area contributed by atoms with Crippen LogP contribution in [0.2, 0.25) is 0 Å². The third kappa shape index (κ3) is 7.13. The molecule has 0 saturated heterocycles. The number of hydrogen-bond acceptors (Lipinski definition) is 4. The van der Waals surface area contributed by atoms with E-state index in [0.717, 1.165) is 5.69 Å². The number of para-hydroxylation sites is 1. The Labute approximate surface area is 128 Å². The van der Waals surface area contributed by atoms with Crippen molar-refractivity contribution in [2.75, 3.05) is 18.4 Å². The van der Waals surface area contributed by atoms with Crippen molar-refractivity contribution >= 4 is 23.5 Å². The van der Waals surface area contributed by atoms with Gasteiger partial charge < -0.3 is 26.8 Å². The van der Waals surface area contributed by atoms with Gasteiger partial charge in [0.2, 0.25) is 5.91 Å². The van der Waals surface area contributed by atoms with Crippen LogP contribution in [0.3, 0.4) is 0 Å². The van der Waals surface area contributed by atoms with E-state index in [1.807, 2.05) is 30.3 Å². The molecule has 1 atom stereocenters. The second kappa shape index (κ2) is 9.22. The lowest BCUT2D eigenvalue weighted by atomic mass is 10.1. The Morgan fingerprint density at radius 2 is 1.95 bits per heavy atom. The topological polar surface area (TPSA) is 140 Å². The smallest absolute Gasteiger partial charge is 0.326 e. The highest BCUT2D eigenvalue weighted by molar-refractivity contribution is 5.86. The lowest BCUT2D eigenvalue weighted by molar-refractivity contribution is -0.141. The second-order valence-electron chi connectivity index (χ2n) is 4.66. The van der Waals surface area contributed by atoms with Gasteiger partial charge in [0, 0.05) is 12.2 Å². The van der Waals surface area contributed by atoms with E-state index in [2.05, 4.69) is 16.0 Å². The van der Waals surface area contributed by atoms with E-state index in [9.17, 15) is 9.59 Å². The van der Waals surface area contributed by atoms with Gasteiger partial charge in [0.15, 0.2) is 5.96 Å². The maximum Gasteiger partial charge on any atom is 0.326 e. The van der Waals surface area contributed by atoms with Gasteiger partial charge in [0.1, 0.15) is 6.04 Å². The van der Waals surface area contributed by atoms with Crippen molar-refractivity contribution in [1.29, 1.82) is 5.41 Å². The van der Waals surface area contributed by atoms with Crippen molar-refractivity contribution in [3.05, 3.63) is 30.3 Å². The Hall–Kier alpha value is -2.77. The first kappa shape index (κ1) is 17.3. The summed E-state index contributed by atoms with van der Waals surface area (Å²) in [4.78, 5) is 22.9. The fourth-order valence-corrected chi connectivity index (χ4v) is 1.77. The number of carbonyl (C=O) groups is 2. The van der Waals surface area contributed by atoms with Crippen LogP contribution in [0.1, 0.15) is 12.8 Å². The van der Waals surface area contributed by atoms with E-state index in [1.54, 1.807) is 0 Å². The number of nitrogens with two attached hydrogens (primary N) is 1. The largest absolute Gasteiger partial charge is 0.480 e. The molecular formula is C14H21N5O3. The molecule has 1 rings (SSSR count). The number of aliphatic carboxylic acids is 1. The van der Waals surface area contributed by atoms with E-state index < -0.39 is 17.9 Å². The third-order valence-electron chi connectivity index (χ3n) is 2.85. The average molecular weight is 307 g/mol. The highest BCUT2D eigenvalue weighted by Gasteiger charge is 2.19. The fraction of sp³-hybridized carbons (Fsp3) is 0.357. The Morgan fingerprint density at radius 1 is 1.27 bits per heavy atom. The van der Waals surface area contributed by atoms with Gasteiger partial charge in [0.25, 0.3) is 0 Å². The van der Waals surface area contributed by atoms with Gasteiger partial charge in [-0.15, -0.1) is 0 Å². The molecule has 0 aliphatic rings. The number of guanidine groups is 1. The predicted molar refractivity (Wildman–Crippen MR) is 83.6 cm³/mol. The van der Waals surface area contributed by atoms with Crippen LogP contribution in [0.25, 0.3) is 0 Å². The van der Waals surface area contributed by atoms with Crippen molar-refractivity contribution < 1.29 is 14.7 Å². The van der Waals surface area contributed by atoms with Crippen LogP contribution in [0.5, 0.6) is 0 Å². The summed E-state index contributed by atoms with van der Waals surface area (Å²) in [6, 6.07) is 8.20. The van der Waals surface area contributed by atoms with Crippen LogP contribution in [0, 0.1) is 5.41 Å². The van der Waals surface area contributed by atoms with Crippen molar-refractivity contribution in [3.8, 4) is 0 Å². The third-order valence-corrected chi connectivity index (χ3v) is 2.85. The average Bonchev–Trinajstić information content (AvgIpc) is 2.48. The monoisotopic (exact) mass is 307 g/mol. The highest BCUT2D eigenvalue weighted by atomic mass is 16.4. The first-order chi connectivity index (χ1) is 10.5. The summed E-state index contributed by atoms with van der Waals surface area (Å²) < 4.78 is 0. The standard InChI is InChI=1S/C14H21N5O3/c15-14(16)17-8-4-7-11(13(21)22)19-12(20)9-18-10-5-2-1-3-6-10/h1-3,5-6,11,18H,4,7-9H2,(H,19,20)(H,21,22)(H4,15,16,17)/t11-/m0/s1. The number of benzene rings is 1. The van der Waals surface area contributed by atoms with Crippen LogP contribution in [0.4, 0.5) is 5.69 Å². The molecule has 0 saturated carbocycles. The van der Waals surface area contributed by atoms with Crippen LogP contribution in [-0.4, -0.2) is 42.1 Å². The molecule has 0 fully saturated rings. The molecule has 1 aromatic rings. The van der Waals surface area contributed by atoms with Crippen LogP contribution >= 0.6 is 0 Å². The fourth-order valence-electron chi connectivity index (χ4n) is 1.77. The van der Waals surface area contributed by atoms with E-state index >= 15 is 0 Å². The minimum absolute atomic E-state index is 0.000507. The lowest BCUT2D eigenvalue weighted by Gasteiger charge is -2.15. The zero-order valence-corrected chi connectivity index (χ0v) is 12.1. The van der Waals surface area contributed by atoms with E-state index in [4.69, 9.17) is 16.2 Å². The highest BCUT2D eigenvalue weighted by Crippen LogP contribution is 2.04. The molecule has 8 heteroatoms. The van der Waals surface area contributed by atoms with Crippen molar-refractivity contribution in [1.82, 2.24) is 10.6 Å². The Bertz CT molecular complexity index is 506. The van der Waals surface area contributed by atoms with E-state index in [-0.39, 0.29) is 18.9 Å². The van der Waals surface area contributed by atoms with E-state index in [1.165, 1.54) is 0 Å². The second-order valence-corrected chi connectivity index (χ2v) is 4.66. The molecule has 0 unspecified atom stereocenters. The van der Waals surface area contributed by atoms with Gasteiger partial charge in [-0.1, -0.05) is 18.2 Å². The minimum Gasteiger partial charge on any atom is -0.480 e. The first-order valence-electron chi connectivity index (χ1n) is 6.88. The van der Waals surface area contributed by atoms with Crippen LogP contribution in [-0.2, 0) is 9.59 Å². The number of carboxylic acids is 1. The lowest BCUT2D eigenvalue weighted by Crippen LogP contribution is -2.43. The summed E-state index contributed by atoms with van der Waals surface area (Å²) in [5.74, 6) is -1.64. The molecule has 0 aliphatic heterocycles. The predicted octanol–water partition coefficient (Wildman–Crippen LogP) is -0.0688. The molecule has 0 aromatic heterocycles. The van der Waals surface area contributed by atoms with Gasteiger partial charge in [-0.3, -0.25) is 10.2 Å². The zero-order chi connectivity index (χ0) is 16.4. The number of rotatable bonds is 9. The quantitative estimate of drug-likeness (QED) is 0.214. The molecule has 0 bridgehead atoms. The van der Waals surface area contributed by atoms with Crippen molar-refractivity contribution in [2.24, 2.45) is 5.73 Å². The summed E-state index contributed by atoms with van der Waals surface area (Å²) in [6.07, 6.45) is 0.732. The van der Waals surface area contributed by atoms with Gasteiger partial charge in [-0.2, -0.15) is 0 Å². The van der Waals surface area contributed by atoms with Crippen LogP contribution in [0.15, 0.2) is 30.3 Å². The number of nitrogens with one attached hydrogen (secondary N) is 4. The summed E-state index contributed by atoms with van der Waals surface area (Å²) in [6.45, 7) is 0.386. The van der Waals surface area contributed by atoms with Gasteiger partial charge >= 0.3 is 5.97 Å². The molecule has 7 N–H and O–H groups in total. The zero-order valence-electron chi connectivity index (χ0n) is 12.1. The maximum atomic E-state index is 11.8. The van der Waals surface area contributed by atoms with Gasteiger partial charge in [-0.25, -0.2) is 4.79 Å². The summed E-state index contributed by atoms with van der Waals surface area (Å²) in [7, 11) is 0. The molecule has 22 heavy (non-hydrogen) atoms. The van der Waals surface area contributed by atoms with E-state index in [0.29, 0.717) is 13.0 Å². The molecule has 1 aromatic carbocycles. The number of amides is 1. The molecule has 1 amide bonds. The number of hydrogen-bond donors (Lipinski definition) is 6. The molecule has 0 heterocycles.